The molecule has 0 unspecified atom stereocenters. The molecule has 0 spiro atoms. The Labute approximate surface area is 99.4 Å². The van der Waals surface area contributed by atoms with Crippen molar-refractivity contribution in [3.63, 3.8) is 0 Å². The monoisotopic (exact) mass is 226 g/mol. The maximum atomic E-state index is 12.1. The van der Waals surface area contributed by atoms with Gasteiger partial charge in [0.15, 0.2) is 0 Å². The van der Waals surface area contributed by atoms with Gasteiger partial charge in [-0.05, 0) is 37.5 Å². The summed E-state index contributed by atoms with van der Waals surface area (Å²) >= 11 is 0. The van der Waals surface area contributed by atoms with Gasteiger partial charge in [0.05, 0.1) is 6.04 Å². The molecule has 1 saturated carbocycles. The topological polar surface area (TPSA) is 46.3 Å². The number of nitrogens with zero attached hydrogens (tertiary/aromatic N) is 1. The molecule has 2 N–H and O–H groups in total. The van der Waals surface area contributed by atoms with Crippen LogP contribution in [0, 0.1) is 11.8 Å². The average Bonchev–Trinajstić information content (AvgIpc) is 2.27. The summed E-state index contributed by atoms with van der Waals surface area (Å²) in [4.78, 5) is 14.0. The van der Waals surface area contributed by atoms with Crippen LogP contribution in [0.2, 0.25) is 0 Å². The van der Waals surface area contributed by atoms with Crippen molar-refractivity contribution >= 4 is 5.91 Å². The van der Waals surface area contributed by atoms with Gasteiger partial charge in [0, 0.05) is 13.1 Å². The molecule has 1 atom stereocenters. The van der Waals surface area contributed by atoms with Crippen LogP contribution in [0.4, 0.5) is 0 Å². The van der Waals surface area contributed by atoms with Crippen LogP contribution < -0.4 is 5.73 Å². The zero-order valence-corrected chi connectivity index (χ0v) is 11.1. The van der Waals surface area contributed by atoms with Crippen LogP contribution in [0.15, 0.2) is 0 Å². The summed E-state index contributed by atoms with van der Waals surface area (Å²) in [5, 5.41) is 0. The van der Waals surface area contributed by atoms with Crippen LogP contribution in [-0.2, 0) is 4.79 Å². The number of likely N-dealkylation sites (N-methyl/N-ethyl adjacent to an activating group) is 1. The summed E-state index contributed by atoms with van der Waals surface area (Å²) in [6.45, 7) is 6.29. The van der Waals surface area contributed by atoms with Crippen LogP contribution in [0.3, 0.4) is 0 Å². The van der Waals surface area contributed by atoms with Crippen molar-refractivity contribution in [2.24, 2.45) is 17.6 Å². The van der Waals surface area contributed by atoms with Crippen molar-refractivity contribution in [2.75, 3.05) is 7.05 Å². The Morgan fingerprint density at radius 3 is 2.19 bits per heavy atom. The van der Waals surface area contributed by atoms with E-state index in [0.717, 1.165) is 18.8 Å². The Kier molecular flexibility index (Phi) is 4.78. The first-order valence-corrected chi connectivity index (χ1v) is 6.45. The number of carbonyl (C=O) groups is 1. The number of nitrogens with two attached hydrogens (primary N) is 1. The Balaban J connectivity index is 2.50. The van der Waals surface area contributed by atoms with E-state index in [1.807, 2.05) is 25.8 Å². The van der Waals surface area contributed by atoms with Crippen molar-refractivity contribution in [2.45, 2.75) is 58.5 Å². The van der Waals surface area contributed by atoms with Gasteiger partial charge in [-0.25, -0.2) is 0 Å². The van der Waals surface area contributed by atoms with E-state index in [2.05, 4.69) is 6.92 Å². The number of amides is 1. The van der Waals surface area contributed by atoms with Gasteiger partial charge >= 0.3 is 0 Å². The Hall–Kier alpha value is -0.570. The molecule has 1 aliphatic carbocycles. The Morgan fingerprint density at radius 2 is 1.75 bits per heavy atom. The Bertz CT molecular complexity index is 232. The maximum Gasteiger partial charge on any atom is 0.239 e. The average molecular weight is 226 g/mol. The van der Waals surface area contributed by atoms with E-state index in [0.29, 0.717) is 6.04 Å². The molecular weight excluding hydrogens is 200 g/mol. The SMILES string of the molecule is CC1CCC(N(C)C(=O)[C@@H](N)C(C)C)CC1. The summed E-state index contributed by atoms with van der Waals surface area (Å²) in [6, 6.07) is 0.0675. The van der Waals surface area contributed by atoms with Crippen LogP contribution in [0.5, 0.6) is 0 Å². The highest BCUT2D eigenvalue weighted by molar-refractivity contribution is 5.81. The van der Waals surface area contributed by atoms with Crippen molar-refractivity contribution in [3.05, 3.63) is 0 Å². The molecular formula is C13H26N2O. The summed E-state index contributed by atoms with van der Waals surface area (Å²) in [5.74, 6) is 1.14. The highest BCUT2D eigenvalue weighted by Crippen LogP contribution is 2.26. The van der Waals surface area contributed by atoms with Gasteiger partial charge in [0.2, 0.25) is 5.91 Å². The first-order chi connectivity index (χ1) is 7.43. The molecule has 0 aromatic carbocycles. The van der Waals surface area contributed by atoms with Crippen LogP contribution in [-0.4, -0.2) is 29.9 Å². The lowest BCUT2D eigenvalue weighted by Gasteiger charge is -2.35. The summed E-state index contributed by atoms with van der Waals surface area (Å²) in [7, 11) is 1.91. The third kappa shape index (κ3) is 3.21. The second-order valence-electron chi connectivity index (χ2n) is 5.63. The van der Waals surface area contributed by atoms with Gasteiger partial charge in [0.25, 0.3) is 0 Å². The van der Waals surface area contributed by atoms with Gasteiger partial charge in [0.1, 0.15) is 0 Å². The van der Waals surface area contributed by atoms with E-state index in [9.17, 15) is 4.79 Å². The molecule has 0 bridgehead atoms. The number of rotatable bonds is 3. The molecule has 0 aliphatic heterocycles. The zero-order valence-electron chi connectivity index (χ0n) is 11.1. The van der Waals surface area contributed by atoms with E-state index in [1.54, 1.807) is 0 Å². The van der Waals surface area contributed by atoms with E-state index >= 15 is 0 Å². The summed E-state index contributed by atoms with van der Waals surface area (Å²) in [5.41, 5.74) is 5.90. The van der Waals surface area contributed by atoms with Gasteiger partial charge in [-0.1, -0.05) is 20.8 Å². The molecule has 16 heavy (non-hydrogen) atoms. The van der Waals surface area contributed by atoms with Crippen molar-refractivity contribution < 1.29 is 4.79 Å². The minimum atomic E-state index is -0.343. The van der Waals surface area contributed by atoms with Crippen LogP contribution in [0.25, 0.3) is 0 Å². The second kappa shape index (κ2) is 5.67. The summed E-state index contributed by atoms with van der Waals surface area (Å²) in [6.07, 6.45) is 4.74. The third-order valence-corrected chi connectivity index (χ3v) is 3.88. The normalized spacial score (nSPS) is 27.9. The smallest absolute Gasteiger partial charge is 0.239 e. The molecule has 1 amide bonds. The lowest BCUT2D eigenvalue weighted by atomic mass is 9.86. The first-order valence-electron chi connectivity index (χ1n) is 6.45. The standard InChI is InChI=1S/C13H26N2O/c1-9(2)12(14)13(16)15(4)11-7-5-10(3)6-8-11/h9-12H,5-8,14H2,1-4H3/t10?,11?,12-/m0/s1. The van der Waals surface area contributed by atoms with Crippen molar-refractivity contribution in [1.82, 2.24) is 4.90 Å². The largest absolute Gasteiger partial charge is 0.341 e. The fraction of sp³-hybridized carbons (Fsp3) is 0.923. The number of hydrogen-bond acceptors (Lipinski definition) is 2. The van der Waals surface area contributed by atoms with Crippen LogP contribution in [0.1, 0.15) is 46.5 Å². The fourth-order valence-electron chi connectivity index (χ4n) is 2.33. The molecule has 1 aliphatic rings. The predicted molar refractivity (Wildman–Crippen MR) is 67.0 cm³/mol. The molecule has 0 aromatic rings. The Morgan fingerprint density at radius 1 is 1.25 bits per heavy atom. The van der Waals surface area contributed by atoms with Gasteiger partial charge in [-0.2, -0.15) is 0 Å². The second-order valence-corrected chi connectivity index (χ2v) is 5.63. The van der Waals surface area contributed by atoms with Crippen molar-refractivity contribution in [1.29, 1.82) is 0 Å². The molecule has 0 radical (unpaired) electrons. The molecule has 1 fully saturated rings. The summed E-state index contributed by atoms with van der Waals surface area (Å²) < 4.78 is 0. The molecule has 94 valence electrons. The minimum Gasteiger partial charge on any atom is -0.341 e. The fourth-order valence-corrected chi connectivity index (χ4v) is 2.33. The quantitative estimate of drug-likeness (QED) is 0.800. The van der Waals surface area contributed by atoms with E-state index in [1.165, 1.54) is 12.8 Å². The molecule has 3 nitrogen and oxygen atoms in total. The predicted octanol–water partition coefficient (Wildman–Crippen LogP) is 2.01. The first kappa shape index (κ1) is 13.5. The van der Waals surface area contributed by atoms with Gasteiger partial charge < -0.3 is 10.6 Å². The molecule has 3 heteroatoms. The van der Waals surface area contributed by atoms with Crippen LogP contribution >= 0.6 is 0 Å². The minimum absolute atomic E-state index is 0.106. The third-order valence-electron chi connectivity index (χ3n) is 3.88. The van der Waals surface area contributed by atoms with E-state index in [-0.39, 0.29) is 17.9 Å². The van der Waals surface area contributed by atoms with Crippen molar-refractivity contribution in [3.8, 4) is 0 Å². The lowest BCUT2D eigenvalue weighted by Crippen LogP contribution is -2.49. The molecule has 1 rings (SSSR count). The van der Waals surface area contributed by atoms with Gasteiger partial charge in [-0.3, -0.25) is 4.79 Å². The van der Waals surface area contributed by atoms with E-state index < -0.39 is 0 Å². The molecule has 0 saturated heterocycles. The van der Waals surface area contributed by atoms with Gasteiger partial charge in [-0.15, -0.1) is 0 Å². The van der Waals surface area contributed by atoms with E-state index in [4.69, 9.17) is 5.73 Å². The lowest BCUT2D eigenvalue weighted by molar-refractivity contribution is -0.135. The zero-order chi connectivity index (χ0) is 12.3. The molecule has 0 aromatic heterocycles. The molecule has 0 heterocycles. The highest BCUT2D eigenvalue weighted by Gasteiger charge is 2.28. The maximum absolute atomic E-state index is 12.1. The number of carbonyl (C=O) groups excluding carboxylic acids is 1. The number of hydrogen-bond donors (Lipinski definition) is 1. The highest BCUT2D eigenvalue weighted by atomic mass is 16.2.